The zero-order valence-corrected chi connectivity index (χ0v) is 23.5. The van der Waals surface area contributed by atoms with Gasteiger partial charge >= 0.3 is 12.2 Å². The summed E-state index contributed by atoms with van der Waals surface area (Å²) in [6.45, 7) is 13.1. The van der Waals surface area contributed by atoms with Gasteiger partial charge in [0.1, 0.15) is 11.2 Å². The first kappa shape index (κ1) is 29.3. The first-order chi connectivity index (χ1) is 17.7. The highest BCUT2D eigenvalue weighted by Gasteiger charge is 2.28. The highest BCUT2D eigenvalue weighted by Crippen LogP contribution is 2.18. The standard InChI is InChI=1S/C28H42N4O6/c1-27(2,3)37-25(35)29-21-11-15-31(16-12-21)23(33)19-7-9-20(10-8-19)24(34)32-17-13-22(14-18-32)30-26(36)38-28(4,5)6/h7-10,21-22H,11-18H2,1-6H3,(H,29,35)(H,30,36). The summed E-state index contributed by atoms with van der Waals surface area (Å²) >= 11 is 0. The van der Waals surface area contributed by atoms with Crippen LogP contribution in [-0.2, 0) is 9.47 Å². The molecule has 0 radical (unpaired) electrons. The molecule has 1 aromatic carbocycles. The molecule has 2 heterocycles. The number of ether oxygens (including phenoxy) is 2. The Balaban J connectivity index is 1.45. The number of likely N-dealkylation sites (tertiary alicyclic amines) is 2. The maximum Gasteiger partial charge on any atom is 0.407 e. The van der Waals surface area contributed by atoms with E-state index in [9.17, 15) is 19.2 Å². The fourth-order valence-corrected chi connectivity index (χ4v) is 4.52. The molecule has 2 saturated heterocycles. The normalized spacial score (nSPS) is 17.5. The summed E-state index contributed by atoms with van der Waals surface area (Å²) in [7, 11) is 0. The molecule has 0 saturated carbocycles. The second-order valence-corrected chi connectivity index (χ2v) is 12.0. The molecule has 0 unspecified atom stereocenters. The van der Waals surface area contributed by atoms with Crippen LogP contribution in [0.5, 0.6) is 0 Å². The molecule has 0 bridgehead atoms. The van der Waals surface area contributed by atoms with Gasteiger partial charge in [0.05, 0.1) is 0 Å². The number of alkyl carbamates (subject to hydrolysis) is 2. The first-order valence-corrected chi connectivity index (χ1v) is 13.4. The summed E-state index contributed by atoms with van der Waals surface area (Å²) in [4.78, 5) is 53.5. The Labute approximate surface area is 225 Å². The van der Waals surface area contributed by atoms with Crippen molar-refractivity contribution < 1.29 is 28.7 Å². The van der Waals surface area contributed by atoms with E-state index in [4.69, 9.17) is 9.47 Å². The zero-order chi connectivity index (χ0) is 28.1. The van der Waals surface area contributed by atoms with Crippen molar-refractivity contribution in [2.24, 2.45) is 0 Å². The third kappa shape index (κ3) is 8.92. The number of amides is 4. The molecule has 2 fully saturated rings. The molecular formula is C28H42N4O6. The van der Waals surface area contributed by atoms with Crippen LogP contribution in [-0.4, -0.2) is 83.3 Å². The van der Waals surface area contributed by atoms with Gasteiger partial charge in [0.15, 0.2) is 0 Å². The predicted octanol–water partition coefficient (Wildman–Crippen LogP) is 3.95. The van der Waals surface area contributed by atoms with Gasteiger partial charge in [0.25, 0.3) is 11.8 Å². The lowest BCUT2D eigenvalue weighted by Gasteiger charge is -2.33. The van der Waals surface area contributed by atoms with Crippen molar-refractivity contribution in [3.05, 3.63) is 35.4 Å². The maximum atomic E-state index is 13.0. The Kier molecular flexibility index (Phi) is 9.27. The van der Waals surface area contributed by atoms with E-state index < -0.39 is 23.4 Å². The molecule has 3 rings (SSSR count). The Morgan fingerprint density at radius 2 is 0.921 bits per heavy atom. The lowest BCUT2D eigenvalue weighted by molar-refractivity contribution is 0.0457. The van der Waals surface area contributed by atoms with Crippen LogP contribution in [0.15, 0.2) is 24.3 Å². The van der Waals surface area contributed by atoms with Crippen LogP contribution in [0.3, 0.4) is 0 Å². The summed E-state index contributed by atoms with van der Waals surface area (Å²) in [5.41, 5.74) is -0.0475. The van der Waals surface area contributed by atoms with Gasteiger partial charge in [0, 0.05) is 49.4 Å². The first-order valence-electron chi connectivity index (χ1n) is 13.4. The van der Waals surface area contributed by atoms with Gasteiger partial charge in [-0.05, 0) is 91.5 Å². The van der Waals surface area contributed by atoms with Crippen molar-refractivity contribution in [1.29, 1.82) is 0 Å². The van der Waals surface area contributed by atoms with Crippen LogP contribution in [0, 0.1) is 0 Å². The average Bonchev–Trinajstić information content (AvgIpc) is 2.82. The van der Waals surface area contributed by atoms with E-state index in [0.29, 0.717) is 63.0 Å². The molecule has 1 aromatic rings. The highest BCUT2D eigenvalue weighted by molar-refractivity contribution is 5.98. The van der Waals surface area contributed by atoms with Crippen LogP contribution in [0.2, 0.25) is 0 Å². The summed E-state index contributed by atoms with van der Waals surface area (Å²) < 4.78 is 10.6. The predicted molar refractivity (Wildman–Crippen MR) is 143 cm³/mol. The van der Waals surface area contributed by atoms with E-state index in [0.717, 1.165) is 0 Å². The van der Waals surface area contributed by atoms with Crippen LogP contribution in [0.25, 0.3) is 0 Å². The van der Waals surface area contributed by atoms with E-state index in [1.807, 2.05) is 41.5 Å². The SMILES string of the molecule is CC(C)(C)OC(=O)NC1CCN(C(=O)c2ccc(C(=O)N3CCC(NC(=O)OC(C)(C)C)CC3)cc2)CC1. The number of rotatable bonds is 4. The van der Waals surface area contributed by atoms with E-state index in [1.54, 1.807) is 34.1 Å². The molecule has 10 nitrogen and oxygen atoms in total. The van der Waals surface area contributed by atoms with Crippen LogP contribution in [0.1, 0.15) is 87.9 Å². The van der Waals surface area contributed by atoms with Crippen molar-refractivity contribution in [3.63, 3.8) is 0 Å². The number of hydrogen-bond donors (Lipinski definition) is 2. The van der Waals surface area contributed by atoms with Gasteiger partial charge in [-0.3, -0.25) is 9.59 Å². The second kappa shape index (κ2) is 12.0. The van der Waals surface area contributed by atoms with Crippen LogP contribution in [0.4, 0.5) is 9.59 Å². The monoisotopic (exact) mass is 530 g/mol. The minimum Gasteiger partial charge on any atom is -0.444 e. The van der Waals surface area contributed by atoms with Gasteiger partial charge in [-0.15, -0.1) is 0 Å². The zero-order valence-electron chi connectivity index (χ0n) is 23.5. The second-order valence-electron chi connectivity index (χ2n) is 12.0. The molecule has 2 aliphatic heterocycles. The molecule has 10 heteroatoms. The van der Waals surface area contributed by atoms with E-state index in [2.05, 4.69) is 10.6 Å². The van der Waals surface area contributed by atoms with Gasteiger partial charge in [-0.25, -0.2) is 9.59 Å². The van der Waals surface area contributed by atoms with Gasteiger partial charge in [0.2, 0.25) is 0 Å². The lowest BCUT2D eigenvalue weighted by atomic mass is 10.0. The van der Waals surface area contributed by atoms with Gasteiger partial charge in [-0.1, -0.05) is 0 Å². The highest BCUT2D eigenvalue weighted by atomic mass is 16.6. The molecule has 0 aromatic heterocycles. The van der Waals surface area contributed by atoms with Gasteiger partial charge < -0.3 is 29.9 Å². The number of nitrogens with zero attached hydrogens (tertiary/aromatic N) is 2. The van der Waals surface area contributed by atoms with Crippen molar-refractivity contribution >= 4 is 24.0 Å². The Hall–Kier alpha value is -3.30. The number of piperidine rings is 2. The summed E-state index contributed by atoms with van der Waals surface area (Å²) in [5.74, 6) is -0.178. The van der Waals surface area contributed by atoms with Gasteiger partial charge in [-0.2, -0.15) is 0 Å². The summed E-state index contributed by atoms with van der Waals surface area (Å²) in [5, 5.41) is 5.76. The number of hydrogen-bond acceptors (Lipinski definition) is 6. The van der Waals surface area contributed by atoms with Crippen LogP contribution >= 0.6 is 0 Å². The minimum atomic E-state index is -0.552. The number of benzene rings is 1. The molecule has 38 heavy (non-hydrogen) atoms. The number of carbonyl (C=O) groups excluding carboxylic acids is 4. The average molecular weight is 531 g/mol. The van der Waals surface area contributed by atoms with Crippen molar-refractivity contribution in [2.75, 3.05) is 26.2 Å². The lowest BCUT2D eigenvalue weighted by Crippen LogP contribution is -2.47. The molecular weight excluding hydrogens is 488 g/mol. The molecule has 210 valence electrons. The number of nitrogens with one attached hydrogen (secondary N) is 2. The van der Waals surface area contributed by atoms with E-state index in [-0.39, 0.29) is 23.9 Å². The topological polar surface area (TPSA) is 117 Å². The molecule has 0 spiro atoms. The van der Waals surface area contributed by atoms with E-state index in [1.165, 1.54) is 0 Å². The molecule has 4 amide bonds. The van der Waals surface area contributed by atoms with Crippen LogP contribution < -0.4 is 10.6 Å². The summed E-state index contributed by atoms with van der Waals surface area (Å²) in [6.07, 6.45) is 1.73. The molecule has 2 aliphatic rings. The van der Waals surface area contributed by atoms with Crippen molar-refractivity contribution in [1.82, 2.24) is 20.4 Å². The largest absolute Gasteiger partial charge is 0.444 e. The Morgan fingerprint density at radius 1 is 0.632 bits per heavy atom. The summed E-state index contributed by atoms with van der Waals surface area (Å²) in [6, 6.07) is 6.71. The Bertz CT molecular complexity index is 915. The molecule has 0 atom stereocenters. The maximum absolute atomic E-state index is 13.0. The Morgan fingerprint density at radius 3 is 1.18 bits per heavy atom. The fourth-order valence-electron chi connectivity index (χ4n) is 4.52. The number of carbonyl (C=O) groups is 4. The third-order valence-corrected chi connectivity index (χ3v) is 6.38. The molecule has 2 N–H and O–H groups in total. The van der Waals surface area contributed by atoms with Crippen molar-refractivity contribution in [3.8, 4) is 0 Å². The fraction of sp³-hybridized carbons (Fsp3) is 0.643. The minimum absolute atomic E-state index is 0.0302. The quantitative estimate of drug-likeness (QED) is 0.609. The smallest absolute Gasteiger partial charge is 0.407 e. The van der Waals surface area contributed by atoms with Crippen molar-refractivity contribution in [2.45, 2.75) is 90.5 Å². The van der Waals surface area contributed by atoms with E-state index >= 15 is 0 Å². The molecule has 0 aliphatic carbocycles. The third-order valence-electron chi connectivity index (χ3n) is 6.38.